The van der Waals surface area contributed by atoms with Gasteiger partial charge in [0.15, 0.2) is 46.4 Å². The van der Waals surface area contributed by atoms with Crippen LogP contribution >= 0.6 is 0 Å². The van der Waals surface area contributed by atoms with E-state index < -0.39 is 0 Å². The summed E-state index contributed by atoms with van der Waals surface area (Å²) in [7, 11) is 0. The number of nitrogens with zero attached hydrogens (tertiary/aromatic N) is 11. The van der Waals surface area contributed by atoms with E-state index in [1.807, 2.05) is 103 Å². The maximum atomic E-state index is 6.36. The number of benzene rings is 4. The molecule has 10 aromatic rings. The van der Waals surface area contributed by atoms with E-state index in [1.54, 1.807) is 37.2 Å². The topological polar surface area (TPSA) is 141 Å². The zero-order valence-corrected chi connectivity index (χ0v) is 31.6. The van der Waals surface area contributed by atoms with Gasteiger partial charge in [-0.15, -0.1) is 0 Å². The summed E-state index contributed by atoms with van der Waals surface area (Å²) >= 11 is 0. The molecule has 0 saturated carbocycles. The van der Waals surface area contributed by atoms with Crippen molar-refractivity contribution in [2.45, 2.75) is 0 Å². The SMILES string of the molecule is c1ccc(-c2nc(-c3cccnc3)nc(-c3cc(-c4nc(-c5cccnc5)nc(-c5ccccn5)n4)c4ccc(N5c6ccccc6Oc6ccccc65)cc4c3)n2)nc1. The summed E-state index contributed by atoms with van der Waals surface area (Å²) < 4.78 is 6.36. The van der Waals surface area contributed by atoms with Crippen LogP contribution in [0.3, 0.4) is 0 Å². The Bertz CT molecular complexity index is 3030. The molecule has 1 aliphatic heterocycles. The zero-order valence-electron chi connectivity index (χ0n) is 31.6. The molecule has 0 unspecified atom stereocenters. The molecule has 0 radical (unpaired) electrons. The second kappa shape index (κ2) is 14.7. The van der Waals surface area contributed by atoms with Gasteiger partial charge in [-0.05, 0) is 108 Å². The number of hydrogen-bond acceptors (Lipinski definition) is 12. The van der Waals surface area contributed by atoms with E-state index in [2.05, 4.69) is 61.2 Å². The predicted molar refractivity (Wildman–Crippen MR) is 229 cm³/mol. The highest BCUT2D eigenvalue weighted by atomic mass is 16.5. The third-order valence-electron chi connectivity index (χ3n) is 10.0. The van der Waals surface area contributed by atoms with Crippen LogP contribution < -0.4 is 9.64 Å². The number of aromatic nitrogens is 10. The van der Waals surface area contributed by atoms with E-state index in [9.17, 15) is 0 Å². The Morgan fingerprint density at radius 2 is 0.933 bits per heavy atom. The fraction of sp³-hybridized carbons (Fsp3) is 0. The summed E-state index contributed by atoms with van der Waals surface area (Å²) in [6.45, 7) is 0. The van der Waals surface area contributed by atoms with Gasteiger partial charge in [0.05, 0.1) is 11.4 Å². The summed E-state index contributed by atoms with van der Waals surface area (Å²) in [6, 6.07) is 45.4. The summed E-state index contributed by atoms with van der Waals surface area (Å²) in [5.74, 6) is 4.17. The molecule has 12 heteroatoms. The van der Waals surface area contributed by atoms with E-state index >= 15 is 0 Å². The van der Waals surface area contributed by atoms with E-state index in [1.165, 1.54) is 0 Å². The molecule has 0 atom stereocenters. The Morgan fingerprint density at radius 1 is 0.400 bits per heavy atom. The third kappa shape index (κ3) is 6.39. The van der Waals surface area contributed by atoms with Crippen molar-refractivity contribution in [3.63, 3.8) is 0 Å². The molecule has 0 amide bonds. The molecular weight excluding hydrogens is 747 g/mol. The van der Waals surface area contributed by atoms with Crippen LogP contribution in [0.1, 0.15) is 0 Å². The van der Waals surface area contributed by atoms with Crippen molar-refractivity contribution in [1.29, 1.82) is 0 Å². The van der Waals surface area contributed by atoms with Crippen LogP contribution in [0.5, 0.6) is 11.5 Å². The van der Waals surface area contributed by atoms with Crippen LogP contribution in [0, 0.1) is 0 Å². The highest BCUT2D eigenvalue weighted by molar-refractivity contribution is 6.01. The fourth-order valence-corrected chi connectivity index (χ4v) is 7.26. The quantitative estimate of drug-likeness (QED) is 0.152. The number of para-hydroxylation sites is 4. The number of anilines is 3. The monoisotopic (exact) mass is 775 g/mol. The summed E-state index contributed by atoms with van der Waals surface area (Å²) in [5.41, 5.74) is 6.92. The van der Waals surface area contributed by atoms with Crippen LogP contribution in [0.15, 0.2) is 177 Å². The number of rotatable bonds is 7. The lowest BCUT2D eigenvalue weighted by Gasteiger charge is -2.33. The van der Waals surface area contributed by atoms with Crippen LogP contribution in [-0.4, -0.2) is 49.8 Å². The standard InChI is InChI=1S/C48H29N11O/c1-3-17-41-39(15-1)59(40-16-2-4-18-42(40)60-41)34-19-20-35-32(26-34)25-33(45-53-43(30-11-9-21-49-28-30)55-47(57-45)37-13-5-7-23-51-37)27-36(35)46-54-44(31-12-10-22-50-29-31)56-48(58-46)38-14-6-8-24-52-38/h1-29H. The molecule has 7 heterocycles. The maximum absolute atomic E-state index is 6.36. The first-order valence-electron chi connectivity index (χ1n) is 19.1. The van der Waals surface area contributed by atoms with E-state index in [0.29, 0.717) is 51.9 Å². The average Bonchev–Trinajstić information content (AvgIpc) is 3.33. The fourth-order valence-electron chi connectivity index (χ4n) is 7.26. The van der Waals surface area contributed by atoms with Gasteiger partial charge in [-0.1, -0.05) is 42.5 Å². The van der Waals surface area contributed by atoms with Crippen LogP contribution in [0.2, 0.25) is 0 Å². The first-order chi connectivity index (χ1) is 29.7. The molecule has 0 saturated heterocycles. The molecule has 6 aromatic heterocycles. The molecule has 0 spiro atoms. The first-order valence-corrected chi connectivity index (χ1v) is 19.1. The highest BCUT2D eigenvalue weighted by Crippen LogP contribution is 2.50. The lowest BCUT2D eigenvalue weighted by molar-refractivity contribution is 0.477. The Kier molecular flexibility index (Phi) is 8.48. The Balaban J connectivity index is 1.18. The van der Waals surface area contributed by atoms with E-state index in [0.717, 1.165) is 56.0 Å². The molecule has 11 rings (SSSR count). The molecule has 60 heavy (non-hydrogen) atoms. The van der Waals surface area contributed by atoms with Crippen molar-refractivity contribution in [3.8, 4) is 80.1 Å². The molecule has 1 aliphatic rings. The summed E-state index contributed by atoms with van der Waals surface area (Å²) in [6.07, 6.45) is 10.4. The van der Waals surface area contributed by atoms with Gasteiger partial charge < -0.3 is 9.64 Å². The van der Waals surface area contributed by atoms with Gasteiger partial charge in [-0.3, -0.25) is 19.9 Å². The van der Waals surface area contributed by atoms with Crippen molar-refractivity contribution < 1.29 is 4.74 Å². The van der Waals surface area contributed by atoms with Gasteiger partial charge in [0.25, 0.3) is 0 Å². The smallest absolute Gasteiger partial charge is 0.182 e. The van der Waals surface area contributed by atoms with Crippen molar-refractivity contribution >= 4 is 27.8 Å². The lowest BCUT2D eigenvalue weighted by atomic mass is 9.98. The molecule has 282 valence electrons. The number of hydrogen-bond donors (Lipinski definition) is 0. The minimum absolute atomic E-state index is 0.424. The molecule has 0 fully saturated rings. The first kappa shape index (κ1) is 34.6. The van der Waals surface area contributed by atoms with E-state index in [4.69, 9.17) is 34.6 Å². The minimum atomic E-state index is 0.424. The maximum Gasteiger partial charge on any atom is 0.182 e. The normalized spacial score (nSPS) is 11.8. The second-order valence-corrected chi connectivity index (χ2v) is 13.8. The van der Waals surface area contributed by atoms with E-state index in [-0.39, 0.29) is 0 Å². The average molecular weight is 776 g/mol. The van der Waals surface area contributed by atoms with Gasteiger partial charge in [0.2, 0.25) is 0 Å². The van der Waals surface area contributed by atoms with Crippen molar-refractivity contribution in [2.75, 3.05) is 4.90 Å². The molecular formula is C48H29N11O. The predicted octanol–water partition coefficient (Wildman–Crippen LogP) is 10.4. The van der Waals surface area contributed by atoms with Crippen LogP contribution in [0.25, 0.3) is 79.4 Å². The molecule has 0 bridgehead atoms. The Morgan fingerprint density at radius 3 is 1.50 bits per heavy atom. The van der Waals surface area contributed by atoms with Crippen LogP contribution in [-0.2, 0) is 0 Å². The van der Waals surface area contributed by atoms with Gasteiger partial charge in [-0.25, -0.2) is 29.9 Å². The zero-order chi connectivity index (χ0) is 39.8. The largest absolute Gasteiger partial charge is 0.453 e. The highest BCUT2D eigenvalue weighted by Gasteiger charge is 2.26. The Labute approximate surface area is 343 Å². The number of pyridine rings is 4. The second-order valence-electron chi connectivity index (χ2n) is 13.8. The van der Waals surface area contributed by atoms with Gasteiger partial charge in [0.1, 0.15) is 11.4 Å². The van der Waals surface area contributed by atoms with Gasteiger partial charge in [0, 0.05) is 65.1 Å². The van der Waals surface area contributed by atoms with Gasteiger partial charge in [-0.2, -0.15) is 0 Å². The molecule has 0 aliphatic carbocycles. The Hall–Kier alpha value is -8.64. The molecule has 4 aromatic carbocycles. The van der Waals surface area contributed by atoms with Crippen molar-refractivity contribution in [3.05, 3.63) is 177 Å². The number of ether oxygens (including phenoxy) is 1. The summed E-state index contributed by atoms with van der Waals surface area (Å²) in [4.78, 5) is 50.1. The third-order valence-corrected chi connectivity index (χ3v) is 10.0. The molecule has 0 N–H and O–H groups in total. The molecule has 12 nitrogen and oxygen atoms in total. The lowest BCUT2D eigenvalue weighted by Crippen LogP contribution is -2.15. The minimum Gasteiger partial charge on any atom is -0.453 e. The van der Waals surface area contributed by atoms with Crippen molar-refractivity contribution in [2.24, 2.45) is 0 Å². The van der Waals surface area contributed by atoms with Gasteiger partial charge >= 0.3 is 0 Å². The summed E-state index contributed by atoms with van der Waals surface area (Å²) in [5, 5.41) is 1.80. The van der Waals surface area contributed by atoms with Crippen LogP contribution in [0.4, 0.5) is 17.1 Å². The number of fused-ring (bicyclic) bond motifs is 3. The van der Waals surface area contributed by atoms with Crippen molar-refractivity contribution in [1.82, 2.24) is 49.8 Å².